The average Bonchev–Trinajstić information content (AvgIpc) is 3.18. The van der Waals surface area contributed by atoms with Crippen LogP contribution in [0.5, 0.6) is 0 Å². The van der Waals surface area contributed by atoms with Crippen molar-refractivity contribution in [2.24, 2.45) is 47.3 Å². The molecule has 108 valence electrons. The first-order chi connectivity index (χ1) is 9.90. The van der Waals surface area contributed by atoms with Crippen LogP contribution in [-0.4, -0.2) is 0 Å². The summed E-state index contributed by atoms with van der Waals surface area (Å²) in [7, 11) is 0. The zero-order chi connectivity index (χ0) is 12.8. The van der Waals surface area contributed by atoms with E-state index in [4.69, 9.17) is 0 Å². The average molecular weight is 268 g/mol. The molecule has 20 heavy (non-hydrogen) atoms. The first kappa shape index (κ1) is 11.3. The highest BCUT2D eigenvalue weighted by Crippen LogP contribution is 2.66. The summed E-state index contributed by atoms with van der Waals surface area (Å²) in [6.07, 6.45) is 15.8. The molecule has 0 amide bonds. The van der Waals surface area contributed by atoms with E-state index in [1.54, 1.807) is 64.2 Å². The predicted octanol–water partition coefficient (Wildman–Crippen LogP) is 5.20. The summed E-state index contributed by atoms with van der Waals surface area (Å²) >= 11 is 0. The standard InChI is InChI=1S/C20H28/c1-3-13-9-17(15-7-5-11(1)19(13)15)18-10-14-4-2-12-6-8-16(18)20(12)14/h11-16,19-20H,1-10H2/b18-17+/t11-,12+,13+,14-,15-,16-,19+,20+/m0/s1. The van der Waals surface area contributed by atoms with Gasteiger partial charge in [0.2, 0.25) is 0 Å². The second-order valence-corrected chi connectivity index (χ2v) is 9.18. The van der Waals surface area contributed by atoms with Crippen molar-refractivity contribution in [3.05, 3.63) is 11.1 Å². The highest BCUT2D eigenvalue weighted by atomic mass is 14.6. The molecule has 0 aliphatic heterocycles. The van der Waals surface area contributed by atoms with Crippen LogP contribution in [0.2, 0.25) is 0 Å². The van der Waals surface area contributed by atoms with Gasteiger partial charge in [-0.15, -0.1) is 0 Å². The van der Waals surface area contributed by atoms with Crippen LogP contribution in [0.3, 0.4) is 0 Å². The molecule has 0 N–H and O–H groups in total. The summed E-state index contributed by atoms with van der Waals surface area (Å²) in [5.74, 6) is 9.06. The van der Waals surface area contributed by atoms with Gasteiger partial charge in [0, 0.05) is 0 Å². The molecule has 0 heteroatoms. The summed E-state index contributed by atoms with van der Waals surface area (Å²) in [6, 6.07) is 0. The summed E-state index contributed by atoms with van der Waals surface area (Å²) in [5.41, 5.74) is 4.14. The SMILES string of the molecule is C1C[C@@H]2C/C(=C3/C[C@@H]4CC[C@@H]5CC[C@@H]3[C@H]54)[C@@H]3CC[C@H]1[C@H]23. The molecule has 0 aromatic rings. The van der Waals surface area contributed by atoms with Gasteiger partial charge in [-0.3, -0.25) is 0 Å². The zero-order valence-corrected chi connectivity index (χ0v) is 12.7. The lowest BCUT2D eigenvalue weighted by molar-refractivity contribution is 0.359. The summed E-state index contributed by atoms with van der Waals surface area (Å²) < 4.78 is 0. The highest BCUT2D eigenvalue weighted by molar-refractivity contribution is 5.33. The molecule has 0 saturated heterocycles. The number of rotatable bonds is 0. The first-order valence-corrected chi connectivity index (χ1v) is 9.62. The van der Waals surface area contributed by atoms with Crippen LogP contribution in [0.4, 0.5) is 0 Å². The van der Waals surface area contributed by atoms with Crippen LogP contribution >= 0.6 is 0 Å². The smallest absolute Gasteiger partial charge is 0.0166 e. The van der Waals surface area contributed by atoms with Crippen LogP contribution in [0.25, 0.3) is 0 Å². The highest BCUT2D eigenvalue weighted by Gasteiger charge is 2.56. The lowest BCUT2D eigenvalue weighted by Gasteiger charge is -2.19. The molecule has 8 atom stereocenters. The number of allylic oxidation sites excluding steroid dienone is 2. The summed E-state index contributed by atoms with van der Waals surface area (Å²) in [6.45, 7) is 0. The molecule has 6 saturated carbocycles. The molecule has 6 aliphatic rings. The van der Waals surface area contributed by atoms with Gasteiger partial charge in [-0.05, 0) is 112 Å². The molecule has 0 unspecified atom stereocenters. The lowest BCUT2D eigenvalue weighted by Crippen LogP contribution is -2.11. The fraction of sp³-hybridized carbons (Fsp3) is 0.900. The zero-order valence-electron chi connectivity index (χ0n) is 12.7. The molecular weight excluding hydrogens is 240 g/mol. The second kappa shape index (κ2) is 3.73. The number of hydrogen-bond donors (Lipinski definition) is 0. The van der Waals surface area contributed by atoms with E-state index in [2.05, 4.69) is 11.1 Å². The molecule has 0 spiro atoms. The van der Waals surface area contributed by atoms with Crippen molar-refractivity contribution in [2.45, 2.75) is 64.2 Å². The van der Waals surface area contributed by atoms with Crippen LogP contribution in [-0.2, 0) is 0 Å². The van der Waals surface area contributed by atoms with E-state index in [-0.39, 0.29) is 0 Å². The van der Waals surface area contributed by atoms with Gasteiger partial charge in [0.1, 0.15) is 0 Å². The van der Waals surface area contributed by atoms with Crippen molar-refractivity contribution < 1.29 is 0 Å². The molecule has 0 bridgehead atoms. The molecule has 0 aromatic carbocycles. The van der Waals surface area contributed by atoms with E-state index in [1.807, 2.05) is 0 Å². The quantitative estimate of drug-likeness (QED) is 0.530. The Morgan fingerprint density at radius 2 is 0.850 bits per heavy atom. The third kappa shape index (κ3) is 1.22. The second-order valence-electron chi connectivity index (χ2n) is 9.18. The van der Waals surface area contributed by atoms with Gasteiger partial charge in [-0.25, -0.2) is 0 Å². The molecule has 0 nitrogen and oxygen atoms in total. The summed E-state index contributed by atoms with van der Waals surface area (Å²) in [5, 5.41) is 0. The molecule has 6 rings (SSSR count). The van der Waals surface area contributed by atoms with E-state index in [0.717, 1.165) is 47.3 Å². The van der Waals surface area contributed by atoms with Gasteiger partial charge >= 0.3 is 0 Å². The van der Waals surface area contributed by atoms with Crippen LogP contribution < -0.4 is 0 Å². The van der Waals surface area contributed by atoms with E-state index < -0.39 is 0 Å². The fourth-order valence-corrected chi connectivity index (χ4v) is 8.45. The van der Waals surface area contributed by atoms with E-state index in [0.29, 0.717) is 0 Å². The molecule has 6 aliphatic carbocycles. The predicted molar refractivity (Wildman–Crippen MR) is 81.1 cm³/mol. The van der Waals surface area contributed by atoms with Crippen molar-refractivity contribution in [2.75, 3.05) is 0 Å². The third-order valence-electron chi connectivity index (χ3n) is 8.89. The van der Waals surface area contributed by atoms with Crippen molar-refractivity contribution in [3.63, 3.8) is 0 Å². The third-order valence-corrected chi connectivity index (χ3v) is 8.89. The van der Waals surface area contributed by atoms with Crippen molar-refractivity contribution in [1.82, 2.24) is 0 Å². The van der Waals surface area contributed by atoms with E-state index >= 15 is 0 Å². The Hall–Kier alpha value is -0.260. The van der Waals surface area contributed by atoms with Crippen molar-refractivity contribution in [1.29, 1.82) is 0 Å². The normalized spacial score (nSPS) is 62.4. The Kier molecular flexibility index (Phi) is 2.11. The maximum atomic E-state index is 2.07. The Morgan fingerprint density at radius 3 is 1.35 bits per heavy atom. The minimum atomic E-state index is 1.08. The van der Waals surface area contributed by atoms with Crippen LogP contribution in [0, 0.1) is 47.3 Å². The maximum Gasteiger partial charge on any atom is -0.0166 e. The van der Waals surface area contributed by atoms with Gasteiger partial charge in [-0.2, -0.15) is 0 Å². The van der Waals surface area contributed by atoms with E-state index in [9.17, 15) is 0 Å². The Balaban J connectivity index is 1.42. The molecule has 0 heterocycles. The van der Waals surface area contributed by atoms with Gasteiger partial charge in [0.05, 0.1) is 0 Å². The van der Waals surface area contributed by atoms with E-state index in [1.165, 1.54) is 0 Å². The topological polar surface area (TPSA) is 0 Å². The Labute approximate surface area is 123 Å². The van der Waals surface area contributed by atoms with Crippen molar-refractivity contribution in [3.8, 4) is 0 Å². The van der Waals surface area contributed by atoms with Gasteiger partial charge in [0.25, 0.3) is 0 Å². The Bertz CT molecular complexity index is 442. The fourth-order valence-electron chi connectivity index (χ4n) is 8.45. The van der Waals surface area contributed by atoms with Crippen LogP contribution in [0.15, 0.2) is 11.1 Å². The molecule has 6 fully saturated rings. The summed E-state index contributed by atoms with van der Waals surface area (Å²) in [4.78, 5) is 0. The maximum absolute atomic E-state index is 2.07. The molecule has 0 radical (unpaired) electrons. The first-order valence-electron chi connectivity index (χ1n) is 9.62. The van der Waals surface area contributed by atoms with Crippen molar-refractivity contribution >= 4 is 0 Å². The number of hydrogen-bond acceptors (Lipinski definition) is 0. The van der Waals surface area contributed by atoms with Gasteiger partial charge < -0.3 is 0 Å². The minimum Gasteiger partial charge on any atom is -0.0670 e. The lowest BCUT2D eigenvalue weighted by atomic mass is 9.86. The van der Waals surface area contributed by atoms with Crippen LogP contribution in [0.1, 0.15) is 64.2 Å². The molecular formula is C20H28. The van der Waals surface area contributed by atoms with Gasteiger partial charge in [-0.1, -0.05) is 11.1 Å². The monoisotopic (exact) mass is 268 g/mol. The Morgan fingerprint density at radius 1 is 0.450 bits per heavy atom. The molecule has 0 aromatic heterocycles. The van der Waals surface area contributed by atoms with Gasteiger partial charge in [0.15, 0.2) is 0 Å². The largest absolute Gasteiger partial charge is 0.0670 e. The minimum absolute atomic E-state index is 1.08.